The first-order valence-corrected chi connectivity index (χ1v) is 5.21. The van der Waals surface area contributed by atoms with Crippen LogP contribution in [0.1, 0.15) is 16.1 Å². The van der Waals surface area contributed by atoms with E-state index in [4.69, 9.17) is 9.52 Å². The number of carboxylic acids is 1. The van der Waals surface area contributed by atoms with E-state index in [9.17, 15) is 4.79 Å². The largest absolute Gasteiger partial charge is 0.475 e. The van der Waals surface area contributed by atoms with E-state index in [2.05, 4.69) is 10.4 Å². The molecule has 0 saturated carbocycles. The molecule has 0 saturated heterocycles. The maximum atomic E-state index is 10.6. The molecule has 90 valence electrons. The number of rotatable bonds is 5. The van der Waals surface area contributed by atoms with Crippen LogP contribution in [0.2, 0.25) is 0 Å². The summed E-state index contributed by atoms with van der Waals surface area (Å²) < 4.78 is 6.86. The Balaban J connectivity index is 1.83. The molecule has 2 aromatic rings. The third-order valence-corrected chi connectivity index (χ3v) is 2.22. The van der Waals surface area contributed by atoms with Crippen molar-refractivity contribution in [1.82, 2.24) is 9.78 Å². The highest BCUT2D eigenvalue weighted by molar-refractivity contribution is 5.84. The zero-order chi connectivity index (χ0) is 12.3. The van der Waals surface area contributed by atoms with Crippen LogP contribution in [0, 0.1) is 6.92 Å². The average molecular weight is 235 g/mol. The highest BCUT2D eigenvalue weighted by atomic mass is 16.4. The first kappa shape index (κ1) is 11.3. The van der Waals surface area contributed by atoms with Gasteiger partial charge in [0.1, 0.15) is 0 Å². The maximum Gasteiger partial charge on any atom is 0.371 e. The summed E-state index contributed by atoms with van der Waals surface area (Å²) in [4.78, 5) is 10.6. The highest BCUT2D eigenvalue weighted by Gasteiger charge is 2.08. The predicted molar refractivity (Wildman–Crippen MR) is 61.1 cm³/mol. The Morgan fingerprint density at radius 1 is 1.59 bits per heavy atom. The van der Waals surface area contributed by atoms with E-state index in [-0.39, 0.29) is 5.76 Å². The number of hydrogen-bond acceptors (Lipinski definition) is 4. The van der Waals surface area contributed by atoms with Crippen molar-refractivity contribution >= 4 is 11.9 Å². The Hall–Kier alpha value is -2.24. The van der Waals surface area contributed by atoms with E-state index >= 15 is 0 Å². The second kappa shape index (κ2) is 4.73. The van der Waals surface area contributed by atoms with Gasteiger partial charge < -0.3 is 14.8 Å². The summed E-state index contributed by atoms with van der Waals surface area (Å²) in [7, 11) is 0. The van der Waals surface area contributed by atoms with E-state index in [1.165, 1.54) is 6.07 Å². The molecule has 0 aliphatic carbocycles. The Morgan fingerprint density at radius 2 is 2.41 bits per heavy atom. The average Bonchev–Trinajstić information content (AvgIpc) is 2.88. The smallest absolute Gasteiger partial charge is 0.371 e. The summed E-state index contributed by atoms with van der Waals surface area (Å²) in [6.45, 7) is 3.28. The van der Waals surface area contributed by atoms with E-state index in [0.717, 1.165) is 5.56 Å². The molecule has 6 heteroatoms. The van der Waals surface area contributed by atoms with Gasteiger partial charge in [-0.05, 0) is 18.6 Å². The number of aromatic nitrogens is 2. The lowest BCUT2D eigenvalue weighted by molar-refractivity contribution is 0.0663. The summed E-state index contributed by atoms with van der Waals surface area (Å²) in [6.07, 6.45) is 3.72. The van der Waals surface area contributed by atoms with Crippen molar-refractivity contribution in [3.05, 3.63) is 35.9 Å². The lowest BCUT2D eigenvalue weighted by Gasteiger charge is -2.02. The van der Waals surface area contributed by atoms with Gasteiger partial charge in [-0.2, -0.15) is 5.10 Å². The molecule has 0 amide bonds. The summed E-state index contributed by atoms with van der Waals surface area (Å²) in [5.74, 6) is -0.686. The van der Waals surface area contributed by atoms with E-state index < -0.39 is 5.97 Å². The first-order chi connectivity index (χ1) is 8.15. The Labute approximate surface area is 97.9 Å². The highest BCUT2D eigenvalue weighted by Crippen LogP contribution is 2.12. The van der Waals surface area contributed by atoms with Gasteiger partial charge in [-0.1, -0.05) is 0 Å². The third kappa shape index (κ3) is 2.87. The van der Waals surface area contributed by atoms with Crippen molar-refractivity contribution < 1.29 is 14.3 Å². The number of anilines is 1. The van der Waals surface area contributed by atoms with Crippen molar-refractivity contribution in [1.29, 1.82) is 0 Å². The second-order valence-corrected chi connectivity index (χ2v) is 3.68. The van der Waals surface area contributed by atoms with Crippen LogP contribution in [-0.4, -0.2) is 27.4 Å². The monoisotopic (exact) mass is 235 g/mol. The van der Waals surface area contributed by atoms with Gasteiger partial charge >= 0.3 is 5.97 Å². The second-order valence-electron chi connectivity index (χ2n) is 3.68. The van der Waals surface area contributed by atoms with Gasteiger partial charge in [-0.15, -0.1) is 0 Å². The molecule has 0 atom stereocenters. The number of aryl methyl sites for hydroxylation is 1. The molecule has 0 bridgehead atoms. The molecule has 17 heavy (non-hydrogen) atoms. The number of hydrogen-bond donors (Lipinski definition) is 2. The number of aromatic carboxylic acids is 1. The van der Waals surface area contributed by atoms with Crippen molar-refractivity contribution in [2.45, 2.75) is 13.5 Å². The lowest BCUT2D eigenvalue weighted by atomic mass is 10.4. The van der Waals surface area contributed by atoms with Crippen LogP contribution in [0.25, 0.3) is 0 Å². The van der Waals surface area contributed by atoms with Crippen LogP contribution in [0.5, 0.6) is 0 Å². The zero-order valence-corrected chi connectivity index (χ0v) is 9.38. The summed E-state index contributed by atoms with van der Waals surface area (Å²) in [5.41, 5.74) is 1.11. The van der Waals surface area contributed by atoms with Crippen molar-refractivity contribution in [3.63, 3.8) is 0 Å². The molecule has 6 nitrogen and oxygen atoms in total. The van der Waals surface area contributed by atoms with Gasteiger partial charge in [-0.25, -0.2) is 4.79 Å². The maximum absolute atomic E-state index is 10.6. The Bertz CT molecular complexity index is 516. The molecule has 0 aromatic carbocycles. The van der Waals surface area contributed by atoms with Gasteiger partial charge in [0, 0.05) is 18.8 Å². The molecule has 2 N–H and O–H groups in total. The number of nitrogens with zero attached hydrogens (tertiary/aromatic N) is 2. The molecular weight excluding hydrogens is 222 g/mol. The van der Waals surface area contributed by atoms with Crippen LogP contribution in [0.15, 0.2) is 28.9 Å². The van der Waals surface area contributed by atoms with Crippen molar-refractivity contribution in [2.24, 2.45) is 0 Å². The summed E-state index contributed by atoms with van der Waals surface area (Å²) >= 11 is 0. The number of carbonyl (C=O) groups is 1. The molecule has 0 aliphatic heterocycles. The Kier molecular flexibility index (Phi) is 3.13. The zero-order valence-electron chi connectivity index (χ0n) is 9.38. The van der Waals surface area contributed by atoms with Gasteiger partial charge in [0.05, 0.1) is 12.7 Å². The van der Waals surface area contributed by atoms with E-state index in [1.807, 2.05) is 17.8 Å². The minimum atomic E-state index is -1.07. The van der Waals surface area contributed by atoms with Crippen molar-refractivity contribution in [3.8, 4) is 0 Å². The van der Waals surface area contributed by atoms with E-state index in [1.54, 1.807) is 12.3 Å². The van der Waals surface area contributed by atoms with Gasteiger partial charge in [0.25, 0.3) is 0 Å². The fourth-order valence-corrected chi connectivity index (χ4v) is 1.43. The van der Waals surface area contributed by atoms with Crippen LogP contribution in [-0.2, 0) is 6.54 Å². The van der Waals surface area contributed by atoms with Gasteiger partial charge in [0.15, 0.2) is 5.88 Å². The predicted octanol–water partition coefficient (Wildman–Crippen LogP) is 1.59. The fraction of sp³-hybridized carbons (Fsp3) is 0.273. The van der Waals surface area contributed by atoms with Crippen LogP contribution >= 0.6 is 0 Å². The molecule has 2 rings (SSSR count). The van der Waals surface area contributed by atoms with Gasteiger partial charge in [0.2, 0.25) is 5.76 Å². The number of carboxylic acid groups (broad SMARTS) is 1. The normalized spacial score (nSPS) is 10.4. The van der Waals surface area contributed by atoms with Crippen LogP contribution in [0.3, 0.4) is 0 Å². The van der Waals surface area contributed by atoms with Crippen LogP contribution < -0.4 is 5.32 Å². The minimum absolute atomic E-state index is 0.0672. The van der Waals surface area contributed by atoms with Crippen LogP contribution in [0.4, 0.5) is 5.88 Å². The van der Waals surface area contributed by atoms with Crippen molar-refractivity contribution in [2.75, 3.05) is 11.9 Å². The SMILES string of the molecule is Cc1cnn(CCNc2ccc(C(=O)O)o2)c1. The fourth-order valence-electron chi connectivity index (χ4n) is 1.43. The molecule has 0 radical (unpaired) electrons. The molecule has 0 fully saturated rings. The standard InChI is InChI=1S/C11H13N3O3/c1-8-6-13-14(7-8)5-4-12-10-3-2-9(17-10)11(15)16/h2-3,6-7,12H,4-5H2,1H3,(H,15,16). The molecular formula is C11H13N3O3. The summed E-state index contributed by atoms with van der Waals surface area (Å²) in [5, 5.41) is 15.8. The first-order valence-electron chi connectivity index (χ1n) is 5.21. The minimum Gasteiger partial charge on any atom is -0.475 e. The third-order valence-electron chi connectivity index (χ3n) is 2.22. The Morgan fingerprint density at radius 3 is 3.00 bits per heavy atom. The topological polar surface area (TPSA) is 80.3 Å². The van der Waals surface area contributed by atoms with Gasteiger partial charge in [-0.3, -0.25) is 4.68 Å². The lowest BCUT2D eigenvalue weighted by Crippen LogP contribution is -2.10. The summed E-state index contributed by atoms with van der Waals surface area (Å²) in [6, 6.07) is 3.01. The quantitative estimate of drug-likeness (QED) is 0.822. The number of nitrogens with one attached hydrogen (secondary N) is 1. The molecule has 2 aromatic heterocycles. The molecule has 0 spiro atoms. The molecule has 0 aliphatic rings. The van der Waals surface area contributed by atoms with E-state index in [0.29, 0.717) is 19.0 Å². The molecule has 0 unspecified atom stereocenters. The number of furan rings is 1. The molecule has 2 heterocycles.